The van der Waals surface area contributed by atoms with Crippen LogP contribution in [0.5, 0.6) is 0 Å². The van der Waals surface area contributed by atoms with E-state index >= 15 is 0 Å². The first-order chi connectivity index (χ1) is 16.9. The molecule has 0 radical (unpaired) electrons. The second kappa shape index (κ2) is 10.4. The molecule has 1 aliphatic rings. The van der Waals surface area contributed by atoms with E-state index in [1.165, 1.54) is 29.1 Å². The van der Waals surface area contributed by atoms with E-state index in [9.17, 15) is 19.5 Å². The lowest BCUT2D eigenvalue weighted by Crippen LogP contribution is -2.33. The Morgan fingerprint density at radius 2 is 1.69 bits per heavy atom. The van der Waals surface area contributed by atoms with E-state index in [0.717, 1.165) is 11.1 Å². The van der Waals surface area contributed by atoms with Crippen molar-refractivity contribution < 1.29 is 24.2 Å². The summed E-state index contributed by atoms with van der Waals surface area (Å²) in [5.41, 5.74) is 5.09. The summed E-state index contributed by atoms with van der Waals surface area (Å²) in [5, 5.41) is 18.6. The number of aromatic carboxylic acids is 1. The van der Waals surface area contributed by atoms with Gasteiger partial charge >= 0.3 is 12.1 Å². The molecule has 3 aromatic rings. The Labute approximate surface area is 203 Å². The summed E-state index contributed by atoms with van der Waals surface area (Å²) < 4.78 is 6.77. The first-order valence-corrected chi connectivity index (χ1v) is 11.5. The molecule has 0 saturated carbocycles. The number of benzene rings is 2. The zero-order valence-corrected chi connectivity index (χ0v) is 19.7. The van der Waals surface area contributed by atoms with E-state index in [1.54, 1.807) is 6.92 Å². The molecule has 0 fully saturated rings. The number of carboxylic acid groups (broad SMARTS) is 1. The van der Waals surface area contributed by atoms with Crippen LogP contribution in [0, 0.1) is 5.92 Å². The fourth-order valence-corrected chi connectivity index (χ4v) is 4.42. The molecular formula is C26H28N4O5. The minimum Gasteiger partial charge on any atom is -0.477 e. The van der Waals surface area contributed by atoms with Crippen molar-refractivity contribution in [1.82, 2.24) is 20.4 Å². The first-order valence-electron chi connectivity index (χ1n) is 11.5. The third-order valence-electron chi connectivity index (χ3n) is 6.31. The predicted octanol–water partition coefficient (Wildman–Crippen LogP) is 3.30. The van der Waals surface area contributed by atoms with Crippen LogP contribution in [-0.4, -0.2) is 46.0 Å². The highest BCUT2D eigenvalue weighted by atomic mass is 16.5. The van der Waals surface area contributed by atoms with Crippen LogP contribution in [0.15, 0.2) is 54.7 Å². The Balaban J connectivity index is 1.22. The van der Waals surface area contributed by atoms with E-state index in [1.807, 2.05) is 24.3 Å². The maximum atomic E-state index is 12.4. The van der Waals surface area contributed by atoms with Crippen molar-refractivity contribution >= 4 is 18.0 Å². The minimum atomic E-state index is -1.10. The summed E-state index contributed by atoms with van der Waals surface area (Å²) in [5.74, 6) is -1.73. The molecular weight excluding hydrogens is 448 g/mol. The van der Waals surface area contributed by atoms with Crippen molar-refractivity contribution in [2.45, 2.75) is 25.8 Å². The van der Waals surface area contributed by atoms with Crippen molar-refractivity contribution in [3.05, 3.63) is 77.1 Å². The zero-order valence-electron chi connectivity index (χ0n) is 19.7. The Morgan fingerprint density at radius 3 is 2.31 bits per heavy atom. The van der Waals surface area contributed by atoms with Gasteiger partial charge in [-0.15, -0.1) is 0 Å². The molecule has 1 heterocycles. The number of hydrogen-bond donors (Lipinski definition) is 3. The molecule has 9 nitrogen and oxygen atoms in total. The number of carbonyl (C=O) groups excluding carboxylic acids is 2. The number of rotatable bonds is 9. The van der Waals surface area contributed by atoms with Gasteiger partial charge in [-0.3, -0.25) is 9.48 Å². The van der Waals surface area contributed by atoms with E-state index in [-0.39, 0.29) is 43.1 Å². The van der Waals surface area contributed by atoms with Gasteiger partial charge in [-0.05, 0) is 28.7 Å². The molecule has 0 saturated heterocycles. The molecule has 2 amide bonds. The standard InChI is InChI=1S/C26H28N4O5/c1-16(24(31)28-13-17-14-29-30(2)23(17)25(32)33)11-12-27-26(34)35-15-22-20-9-5-3-7-18(20)19-8-4-6-10-21(19)22/h3-10,14,16,22H,11-13,15H2,1-2H3,(H,27,34)(H,28,31)(H,32,33). The number of nitrogens with zero attached hydrogens (tertiary/aromatic N) is 2. The minimum absolute atomic E-state index is 0.0129. The molecule has 9 heteroatoms. The number of aromatic nitrogens is 2. The molecule has 35 heavy (non-hydrogen) atoms. The van der Waals surface area contributed by atoms with Gasteiger partial charge in [-0.25, -0.2) is 9.59 Å². The van der Waals surface area contributed by atoms with Crippen molar-refractivity contribution in [3.8, 4) is 11.1 Å². The molecule has 0 bridgehead atoms. The van der Waals surface area contributed by atoms with Crippen molar-refractivity contribution in [3.63, 3.8) is 0 Å². The maximum Gasteiger partial charge on any atom is 0.407 e. The largest absolute Gasteiger partial charge is 0.477 e. The Kier molecular flexibility index (Phi) is 7.14. The fourth-order valence-electron chi connectivity index (χ4n) is 4.42. The molecule has 1 unspecified atom stereocenters. The summed E-state index contributed by atoms with van der Waals surface area (Å²) in [7, 11) is 1.53. The number of fused-ring (bicyclic) bond motifs is 3. The van der Waals surface area contributed by atoms with Crippen LogP contribution in [0.2, 0.25) is 0 Å². The summed E-state index contributed by atoms with van der Waals surface area (Å²) >= 11 is 0. The third-order valence-corrected chi connectivity index (χ3v) is 6.31. The van der Waals surface area contributed by atoms with Gasteiger partial charge in [0.25, 0.3) is 0 Å². The van der Waals surface area contributed by atoms with Crippen LogP contribution in [-0.2, 0) is 23.1 Å². The van der Waals surface area contributed by atoms with Crippen molar-refractivity contribution in [2.24, 2.45) is 13.0 Å². The molecule has 4 rings (SSSR count). The highest BCUT2D eigenvalue weighted by Gasteiger charge is 2.29. The molecule has 2 aromatic carbocycles. The Hall–Kier alpha value is -4.14. The van der Waals surface area contributed by atoms with E-state index in [0.29, 0.717) is 12.0 Å². The molecule has 0 spiro atoms. The number of ether oxygens (including phenoxy) is 1. The van der Waals surface area contributed by atoms with Gasteiger partial charge in [0.05, 0.1) is 6.20 Å². The van der Waals surface area contributed by atoms with Gasteiger partial charge in [0.2, 0.25) is 5.91 Å². The van der Waals surface area contributed by atoms with Crippen LogP contribution >= 0.6 is 0 Å². The lowest BCUT2D eigenvalue weighted by molar-refractivity contribution is -0.124. The first kappa shape index (κ1) is 24.0. The van der Waals surface area contributed by atoms with Crippen LogP contribution < -0.4 is 10.6 Å². The van der Waals surface area contributed by atoms with Crippen molar-refractivity contribution in [2.75, 3.05) is 13.2 Å². The number of aryl methyl sites for hydroxylation is 1. The van der Waals surface area contributed by atoms with Crippen LogP contribution in [0.25, 0.3) is 11.1 Å². The summed E-state index contributed by atoms with van der Waals surface area (Å²) in [6.45, 7) is 2.32. The quantitative estimate of drug-likeness (QED) is 0.436. The average Bonchev–Trinajstić information content (AvgIpc) is 3.38. The van der Waals surface area contributed by atoms with Gasteiger partial charge in [-0.2, -0.15) is 5.10 Å². The number of nitrogens with one attached hydrogen (secondary N) is 2. The molecule has 1 aliphatic carbocycles. The maximum absolute atomic E-state index is 12.4. The molecule has 1 aromatic heterocycles. The third kappa shape index (κ3) is 5.18. The second-order valence-corrected chi connectivity index (χ2v) is 8.61. The molecule has 3 N–H and O–H groups in total. The highest BCUT2D eigenvalue weighted by Crippen LogP contribution is 2.44. The van der Waals surface area contributed by atoms with Gasteiger partial charge < -0.3 is 20.5 Å². The summed E-state index contributed by atoms with van der Waals surface area (Å²) in [6.07, 6.45) is 1.31. The average molecular weight is 477 g/mol. The fraction of sp³-hybridized carbons (Fsp3) is 0.308. The van der Waals surface area contributed by atoms with Crippen LogP contribution in [0.1, 0.15) is 46.4 Å². The highest BCUT2D eigenvalue weighted by molar-refractivity contribution is 5.87. The number of amides is 2. The lowest BCUT2D eigenvalue weighted by atomic mass is 9.98. The molecule has 182 valence electrons. The molecule has 0 aliphatic heterocycles. The zero-order chi connectivity index (χ0) is 24.9. The van der Waals surface area contributed by atoms with Crippen molar-refractivity contribution in [1.29, 1.82) is 0 Å². The number of carbonyl (C=O) groups is 3. The SMILES string of the molecule is CC(CCNC(=O)OCC1c2ccccc2-c2ccccc21)C(=O)NCc1cnn(C)c1C(=O)O. The van der Waals surface area contributed by atoms with Crippen LogP contribution in [0.4, 0.5) is 4.79 Å². The predicted molar refractivity (Wildman–Crippen MR) is 129 cm³/mol. The van der Waals surface area contributed by atoms with Gasteiger partial charge in [0.1, 0.15) is 6.61 Å². The number of hydrogen-bond acceptors (Lipinski definition) is 5. The van der Waals surface area contributed by atoms with Gasteiger partial charge in [-0.1, -0.05) is 55.5 Å². The summed E-state index contributed by atoms with van der Waals surface area (Å²) in [6, 6.07) is 16.3. The Bertz CT molecular complexity index is 1210. The topological polar surface area (TPSA) is 123 Å². The Morgan fingerprint density at radius 1 is 1.06 bits per heavy atom. The number of alkyl carbamates (subject to hydrolysis) is 1. The lowest BCUT2D eigenvalue weighted by Gasteiger charge is -2.15. The van der Waals surface area contributed by atoms with E-state index < -0.39 is 12.1 Å². The smallest absolute Gasteiger partial charge is 0.407 e. The van der Waals surface area contributed by atoms with E-state index in [4.69, 9.17) is 4.74 Å². The summed E-state index contributed by atoms with van der Waals surface area (Å²) in [4.78, 5) is 36.0. The van der Waals surface area contributed by atoms with Gasteiger partial charge in [0.15, 0.2) is 5.69 Å². The second-order valence-electron chi connectivity index (χ2n) is 8.61. The number of carboxylic acids is 1. The molecule has 1 atom stereocenters. The van der Waals surface area contributed by atoms with Gasteiger partial charge in [0, 0.05) is 37.5 Å². The van der Waals surface area contributed by atoms with Crippen LogP contribution in [0.3, 0.4) is 0 Å². The normalized spacial score (nSPS) is 13.0. The monoisotopic (exact) mass is 476 g/mol. The van der Waals surface area contributed by atoms with E-state index in [2.05, 4.69) is 40.0 Å².